The second-order valence-electron chi connectivity index (χ2n) is 6.31. The SMILES string of the molecule is Cn1c(=O)n(CC(=O)OCC(=O)Nc2ccc(Cl)cc2C(F)(F)F)c2ccccc21. The van der Waals surface area contributed by atoms with E-state index in [1.54, 1.807) is 31.3 Å². The molecule has 2 aromatic carbocycles. The van der Waals surface area contributed by atoms with E-state index in [-0.39, 0.29) is 5.02 Å². The molecule has 0 aliphatic carbocycles. The Morgan fingerprint density at radius 2 is 1.80 bits per heavy atom. The van der Waals surface area contributed by atoms with Crippen LogP contribution in [-0.2, 0) is 34.1 Å². The van der Waals surface area contributed by atoms with Crippen molar-refractivity contribution in [3.63, 3.8) is 0 Å². The molecule has 1 heterocycles. The van der Waals surface area contributed by atoms with Gasteiger partial charge in [0.05, 0.1) is 22.3 Å². The van der Waals surface area contributed by atoms with Crippen LogP contribution in [0.25, 0.3) is 11.0 Å². The van der Waals surface area contributed by atoms with Crippen molar-refractivity contribution in [2.75, 3.05) is 11.9 Å². The Hall–Kier alpha value is -3.27. The summed E-state index contributed by atoms with van der Waals surface area (Å²) in [6.45, 7) is -1.28. The largest absolute Gasteiger partial charge is 0.454 e. The minimum absolute atomic E-state index is 0.146. The Morgan fingerprint density at radius 1 is 1.13 bits per heavy atom. The van der Waals surface area contributed by atoms with Crippen LogP contribution in [0.5, 0.6) is 0 Å². The van der Waals surface area contributed by atoms with Gasteiger partial charge in [-0.1, -0.05) is 23.7 Å². The number of anilines is 1. The molecule has 0 unspecified atom stereocenters. The molecular formula is C19H15ClF3N3O4. The van der Waals surface area contributed by atoms with Gasteiger partial charge in [-0.25, -0.2) is 4.79 Å². The number of aryl methyl sites for hydroxylation is 1. The van der Waals surface area contributed by atoms with E-state index in [1.807, 2.05) is 5.32 Å². The van der Waals surface area contributed by atoms with Gasteiger partial charge >= 0.3 is 17.8 Å². The number of halogens is 4. The van der Waals surface area contributed by atoms with Gasteiger partial charge in [-0.15, -0.1) is 0 Å². The van der Waals surface area contributed by atoms with Gasteiger partial charge in [-0.2, -0.15) is 13.2 Å². The second kappa shape index (κ2) is 8.23. The van der Waals surface area contributed by atoms with E-state index >= 15 is 0 Å². The third kappa shape index (κ3) is 4.48. The predicted octanol–water partition coefficient (Wildman–Crippen LogP) is 3.19. The first-order valence-electron chi connectivity index (χ1n) is 8.54. The van der Waals surface area contributed by atoms with Crippen molar-refractivity contribution in [3.8, 4) is 0 Å². The number of para-hydroxylation sites is 2. The van der Waals surface area contributed by atoms with Gasteiger partial charge in [0, 0.05) is 12.1 Å². The number of nitrogens with zero attached hydrogens (tertiary/aromatic N) is 2. The zero-order chi connectivity index (χ0) is 22.1. The molecule has 1 aromatic heterocycles. The van der Waals surface area contributed by atoms with E-state index in [0.717, 1.165) is 6.07 Å². The standard InChI is InChI=1S/C19H15ClF3N3O4/c1-25-14-4-2-3-5-15(14)26(18(25)29)9-17(28)30-10-16(27)24-13-7-6-11(20)8-12(13)19(21,22)23/h2-8H,9-10H2,1H3,(H,24,27). The quantitative estimate of drug-likeness (QED) is 0.616. The molecule has 1 N–H and O–H groups in total. The molecule has 3 rings (SSSR count). The molecule has 7 nitrogen and oxygen atoms in total. The number of hydrogen-bond acceptors (Lipinski definition) is 4. The molecule has 0 bridgehead atoms. The molecule has 158 valence electrons. The summed E-state index contributed by atoms with van der Waals surface area (Å²) in [6.07, 6.45) is -4.74. The van der Waals surface area contributed by atoms with Crippen LogP contribution in [0.3, 0.4) is 0 Å². The second-order valence-corrected chi connectivity index (χ2v) is 6.75. The Kier molecular flexibility index (Phi) is 5.88. The lowest BCUT2D eigenvalue weighted by Crippen LogP contribution is -2.28. The van der Waals surface area contributed by atoms with E-state index in [0.29, 0.717) is 17.1 Å². The van der Waals surface area contributed by atoms with Gasteiger partial charge in [0.25, 0.3) is 5.91 Å². The number of fused-ring (bicyclic) bond motifs is 1. The van der Waals surface area contributed by atoms with Crippen molar-refractivity contribution in [1.82, 2.24) is 9.13 Å². The number of amides is 1. The van der Waals surface area contributed by atoms with Crippen LogP contribution in [0.15, 0.2) is 47.3 Å². The summed E-state index contributed by atoms with van der Waals surface area (Å²) in [7, 11) is 1.55. The number of esters is 1. The Labute approximate surface area is 172 Å². The van der Waals surface area contributed by atoms with Crippen molar-refractivity contribution < 1.29 is 27.5 Å². The fourth-order valence-electron chi connectivity index (χ4n) is 2.88. The number of aromatic nitrogens is 2. The highest BCUT2D eigenvalue weighted by molar-refractivity contribution is 6.30. The number of alkyl halides is 3. The number of imidazole rings is 1. The lowest BCUT2D eigenvalue weighted by atomic mass is 10.1. The third-order valence-electron chi connectivity index (χ3n) is 4.26. The summed E-state index contributed by atoms with van der Waals surface area (Å²) in [5.74, 6) is -1.86. The maximum absolute atomic E-state index is 13.1. The number of carbonyl (C=O) groups is 2. The molecule has 11 heteroatoms. The lowest BCUT2D eigenvalue weighted by Gasteiger charge is -2.14. The molecule has 0 radical (unpaired) electrons. The Balaban J connectivity index is 1.66. The highest BCUT2D eigenvalue weighted by Gasteiger charge is 2.34. The summed E-state index contributed by atoms with van der Waals surface area (Å²) in [5, 5.41) is 1.90. The minimum Gasteiger partial charge on any atom is -0.454 e. The van der Waals surface area contributed by atoms with Gasteiger partial charge in [0.1, 0.15) is 6.54 Å². The fraction of sp³-hybridized carbons (Fsp3) is 0.211. The van der Waals surface area contributed by atoms with Gasteiger partial charge in [-0.3, -0.25) is 18.7 Å². The summed E-state index contributed by atoms with van der Waals surface area (Å²) >= 11 is 5.58. The molecular weight excluding hydrogens is 427 g/mol. The number of rotatable bonds is 5. The maximum atomic E-state index is 13.1. The van der Waals surface area contributed by atoms with Gasteiger partial charge in [-0.05, 0) is 30.3 Å². The number of ether oxygens (including phenoxy) is 1. The summed E-state index contributed by atoms with van der Waals surface area (Å²) in [6, 6.07) is 9.65. The third-order valence-corrected chi connectivity index (χ3v) is 4.50. The predicted molar refractivity (Wildman–Crippen MR) is 103 cm³/mol. The minimum atomic E-state index is -4.74. The van der Waals surface area contributed by atoms with Crippen LogP contribution in [-0.4, -0.2) is 27.6 Å². The topological polar surface area (TPSA) is 82.3 Å². The monoisotopic (exact) mass is 441 g/mol. The normalized spacial score (nSPS) is 11.5. The molecule has 0 saturated carbocycles. The number of carbonyl (C=O) groups excluding carboxylic acids is 2. The first-order chi connectivity index (χ1) is 14.1. The molecule has 0 atom stereocenters. The van der Waals surface area contributed by atoms with E-state index in [2.05, 4.69) is 0 Å². The van der Waals surface area contributed by atoms with E-state index in [4.69, 9.17) is 16.3 Å². The molecule has 0 fully saturated rings. The summed E-state index contributed by atoms with van der Waals surface area (Å²) < 4.78 is 46.6. The van der Waals surface area contributed by atoms with Gasteiger partial charge in [0.15, 0.2) is 6.61 Å². The smallest absolute Gasteiger partial charge is 0.418 e. The van der Waals surface area contributed by atoms with Crippen LogP contribution in [0.4, 0.5) is 18.9 Å². The van der Waals surface area contributed by atoms with Crippen molar-refractivity contribution in [1.29, 1.82) is 0 Å². The number of benzene rings is 2. The van der Waals surface area contributed by atoms with Crippen LogP contribution < -0.4 is 11.0 Å². The lowest BCUT2D eigenvalue weighted by molar-refractivity contribution is -0.148. The Bertz CT molecular complexity index is 1180. The molecule has 0 aliphatic heterocycles. The van der Waals surface area contributed by atoms with Crippen LogP contribution in [0.2, 0.25) is 5.02 Å². The molecule has 0 aliphatic rings. The van der Waals surface area contributed by atoms with Crippen molar-refractivity contribution in [2.45, 2.75) is 12.7 Å². The van der Waals surface area contributed by atoms with Crippen LogP contribution in [0, 0.1) is 0 Å². The first kappa shape index (κ1) is 21.4. The first-order valence-corrected chi connectivity index (χ1v) is 8.92. The van der Waals surface area contributed by atoms with Crippen molar-refractivity contribution >= 4 is 40.2 Å². The molecule has 1 amide bonds. The van der Waals surface area contributed by atoms with Crippen molar-refractivity contribution in [2.24, 2.45) is 7.05 Å². The van der Waals surface area contributed by atoms with E-state index in [1.165, 1.54) is 15.2 Å². The highest BCUT2D eigenvalue weighted by Crippen LogP contribution is 2.36. The van der Waals surface area contributed by atoms with Crippen LogP contribution in [0.1, 0.15) is 5.56 Å². The number of nitrogens with one attached hydrogen (secondary N) is 1. The zero-order valence-electron chi connectivity index (χ0n) is 15.5. The molecule has 30 heavy (non-hydrogen) atoms. The average molecular weight is 442 g/mol. The Morgan fingerprint density at radius 3 is 2.47 bits per heavy atom. The van der Waals surface area contributed by atoms with Crippen LogP contribution >= 0.6 is 11.6 Å². The summed E-state index contributed by atoms with van der Waals surface area (Å²) in [4.78, 5) is 36.3. The highest BCUT2D eigenvalue weighted by atomic mass is 35.5. The summed E-state index contributed by atoms with van der Waals surface area (Å²) in [5.41, 5.74) is -0.985. The van der Waals surface area contributed by atoms with E-state index in [9.17, 15) is 27.6 Å². The molecule has 0 saturated heterocycles. The average Bonchev–Trinajstić information content (AvgIpc) is 2.92. The molecule has 0 spiro atoms. The zero-order valence-corrected chi connectivity index (χ0v) is 16.3. The maximum Gasteiger partial charge on any atom is 0.418 e. The van der Waals surface area contributed by atoms with Crippen molar-refractivity contribution in [3.05, 3.63) is 63.5 Å². The number of hydrogen-bond donors (Lipinski definition) is 1. The van der Waals surface area contributed by atoms with Gasteiger partial charge in [0.2, 0.25) is 0 Å². The van der Waals surface area contributed by atoms with Gasteiger partial charge < -0.3 is 10.1 Å². The van der Waals surface area contributed by atoms with E-state index < -0.39 is 48.1 Å². The fourth-order valence-corrected chi connectivity index (χ4v) is 3.06. The molecule has 3 aromatic rings.